The Morgan fingerprint density at radius 3 is 2.90 bits per heavy atom. The number of hydrogen-bond donors (Lipinski definition) is 1. The van der Waals surface area contributed by atoms with Gasteiger partial charge in [-0.2, -0.15) is 0 Å². The molecule has 0 radical (unpaired) electrons. The molecule has 0 saturated carbocycles. The first-order chi connectivity index (χ1) is 9.81. The van der Waals surface area contributed by atoms with E-state index in [-0.39, 0.29) is 5.91 Å². The standard InChI is InChI=1S/C15H17NO4/c17-11-12-5-3-4-8-19-9-10-20-14-7-2-1-6-13(14)15(18)16-12/h1-4,6-7,11-12H,5,8-10H2,(H,16,18)/b4-3-. The maximum Gasteiger partial charge on any atom is 0.255 e. The fourth-order valence-electron chi connectivity index (χ4n) is 1.85. The predicted molar refractivity (Wildman–Crippen MR) is 73.8 cm³/mol. The first-order valence-electron chi connectivity index (χ1n) is 6.52. The fraction of sp³-hybridized carbons (Fsp3) is 0.333. The van der Waals surface area contributed by atoms with E-state index in [1.165, 1.54) is 0 Å². The summed E-state index contributed by atoms with van der Waals surface area (Å²) in [4.78, 5) is 23.2. The molecule has 2 rings (SSSR count). The molecule has 0 saturated heterocycles. The van der Waals surface area contributed by atoms with Crippen LogP contribution in [-0.4, -0.2) is 38.1 Å². The number of carbonyl (C=O) groups excluding carboxylic acids is 2. The Bertz CT molecular complexity index is 498. The molecule has 106 valence electrons. The van der Waals surface area contributed by atoms with E-state index in [0.717, 1.165) is 6.29 Å². The molecular formula is C15H17NO4. The molecule has 5 nitrogen and oxygen atoms in total. The average molecular weight is 275 g/mol. The smallest absolute Gasteiger partial charge is 0.255 e. The third-order valence-corrected chi connectivity index (χ3v) is 2.87. The van der Waals surface area contributed by atoms with Gasteiger partial charge in [0.2, 0.25) is 0 Å². The van der Waals surface area contributed by atoms with Crippen LogP contribution in [0.3, 0.4) is 0 Å². The van der Waals surface area contributed by atoms with E-state index in [0.29, 0.717) is 37.6 Å². The summed E-state index contributed by atoms with van der Waals surface area (Å²) in [6, 6.07) is 6.40. The monoisotopic (exact) mass is 275 g/mol. The van der Waals surface area contributed by atoms with Crippen LogP contribution in [0.2, 0.25) is 0 Å². The molecule has 1 amide bonds. The van der Waals surface area contributed by atoms with Crippen LogP contribution < -0.4 is 10.1 Å². The van der Waals surface area contributed by atoms with Crippen LogP contribution in [0.1, 0.15) is 16.8 Å². The number of benzene rings is 1. The number of hydrogen-bond acceptors (Lipinski definition) is 4. The molecule has 1 aromatic carbocycles. The van der Waals surface area contributed by atoms with Gasteiger partial charge < -0.3 is 19.6 Å². The lowest BCUT2D eigenvalue weighted by Crippen LogP contribution is -2.35. The summed E-state index contributed by atoms with van der Waals surface area (Å²) in [6.07, 6.45) is 4.82. The highest BCUT2D eigenvalue weighted by Gasteiger charge is 2.16. The van der Waals surface area contributed by atoms with E-state index in [1.807, 2.05) is 12.2 Å². The molecule has 1 unspecified atom stereocenters. The summed E-state index contributed by atoms with van der Waals surface area (Å²) < 4.78 is 10.9. The van der Waals surface area contributed by atoms with Gasteiger partial charge in [0.05, 0.1) is 24.8 Å². The molecule has 0 bridgehead atoms. The van der Waals surface area contributed by atoms with E-state index in [9.17, 15) is 9.59 Å². The lowest BCUT2D eigenvalue weighted by molar-refractivity contribution is -0.109. The van der Waals surface area contributed by atoms with Crippen LogP contribution in [0.15, 0.2) is 36.4 Å². The van der Waals surface area contributed by atoms with Crippen molar-refractivity contribution in [1.29, 1.82) is 0 Å². The van der Waals surface area contributed by atoms with Crippen LogP contribution >= 0.6 is 0 Å². The molecule has 0 fully saturated rings. The van der Waals surface area contributed by atoms with E-state index in [2.05, 4.69) is 5.32 Å². The molecule has 1 heterocycles. The number of para-hydroxylation sites is 1. The maximum absolute atomic E-state index is 12.2. The van der Waals surface area contributed by atoms with Gasteiger partial charge in [-0.1, -0.05) is 24.3 Å². The number of rotatable bonds is 1. The summed E-state index contributed by atoms with van der Waals surface area (Å²) in [5.74, 6) is 0.178. The topological polar surface area (TPSA) is 64.6 Å². The maximum atomic E-state index is 12.2. The number of fused-ring (bicyclic) bond motifs is 1. The highest BCUT2D eigenvalue weighted by atomic mass is 16.5. The summed E-state index contributed by atoms with van der Waals surface area (Å²) in [6.45, 7) is 1.27. The first-order valence-corrected chi connectivity index (χ1v) is 6.52. The Morgan fingerprint density at radius 2 is 2.05 bits per heavy atom. The average Bonchev–Trinajstić information content (AvgIpc) is 2.49. The van der Waals surface area contributed by atoms with Gasteiger partial charge >= 0.3 is 0 Å². The Kier molecular flexibility index (Phi) is 5.32. The van der Waals surface area contributed by atoms with Gasteiger partial charge in [-0.3, -0.25) is 4.79 Å². The van der Waals surface area contributed by atoms with Crippen LogP contribution in [0, 0.1) is 0 Å². The predicted octanol–water partition coefficient (Wildman–Crippen LogP) is 1.34. The Hall–Kier alpha value is -2.14. The number of carbonyl (C=O) groups is 2. The molecule has 0 aliphatic carbocycles. The quantitative estimate of drug-likeness (QED) is 0.620. The van der Waals surface area contributed by atoms with Crippen LogP contribution in [0.4, 0.5) is 0 Å². The summed E-state index contributed by atoms with van der Waals surface area (Å²) in [7, 11) is 0. The van der Waals surface area contributed by atoms with Crippen molar-refractivity contribution in [1.82, 2.24) is 5.32 Å². The molecule has 20 heavy (non-hydrogen) atoms. The van der Waals surface area contributed by atoms with E-state index in [4.69, 9.17) is 9.47 Å². The van der Waals surface area contributed by atoms with Crippen molar-refractivity contribution in [3.05, 3.63) is 42.0 Å². The Morgan fingerprint density at radius 1 is 1.20 bits per heavy atom. The van der Waals surface area contributed by atoms with Crippen molar-refractivity contribution in [3.63, 3.8) is 0 Å². The second-order valence-electron chi connectivity index (χ2n) is 4.34. The molecule has 1 aromatic rings. The number of amides is 1. The van der Waals surface area contributed by atoms with Gasteiger partial charge in [0.15, 0.2) is 0 Å². The zero-order valence-corrected chi connectivity index (χ0v) is 11.1. The molecule has 1 atom stereocenters. The minimum absolute atomic E-state index is 0.314. The molecule has 1 aliphatic heterocycles. The van der Waals surface area contributed by atoms with Crippen molar-refractivity contribution < 1.29 is 19.1 Å². The molecule has 5 heteroatoms. The van der Waals surface area contributed by atoms with Crippen LogP contribution in [0.5, 0.6) is 5.75 Å². The Balaban J connectivity index is 2.20. The molecule has 1 N–H and O–H groups in total. The van der Waals surface area contributed by atoms with Crippen LogP contribution in [-0.2, 0) is 9.53 Å². The van der Waals surface area contributed by atoms with Crippen molar-refractivity contribution in [3.8, 4) is 5.75 Å². The second-order valence-corrected chi connectivity index (χ2v) is 4.34. The third-order valence-electron chi connectivity index (χ3n) is 2.87. The largest absolute Gasteiger partial charge is 0.490 e. The molecular weight excluding hydrogens is 258 g/mol. The van der Waals surface area contributed by atoms with Gasteiger partial charge in [-0.15, -0.1) is 0 Å². The van der Waals surface area contributed by atoms with E-state index >= 15 is 0 Å². The normalized spacial score (nSPS) is 22.0. The Labute approximate surface area is 117 Å². The van der Waals surface area contributed by atoms with Gasteiger partial charge in [0.1, 0.15) is 18.6 Å². The van der Waals surface area contributed by atoms with Gasteiger partial charge in [0.25, 0.3) is 5.91 Å². The van der Waals surface area contributed by atoms with Crippen molar-refractivity contribution in [2.75, 3.05) is 19.8 Å². The number of ether oxygens (including phenoxy) is 2. The molecule has 0 aromatic heterocycles. The minimum atomic E-state index is -0.549. The number of aldehydes is 1. The lowest BCUT2D eigenvalue weighted by Gasteiger charge is -2.13. The minimum Gasteiger partial charge on any atom is -0.490 e. The zero-order valence-electron chi connectivity index (χ0n) is 11.1. The highest BCUT2D eigenvalue weighted by Crippen LogP contribution is 2.18. The fourth-order valence-corrected chi connectivity index (χ4v) is 1.85. The summed E-state index contributed by atoms with van der Waals surface area (Å²) >= 11 is 0. The SMILES string of the molecule is O=CC1C/C=C\COCCOc2ccccc2C(=O)N1. The molecule has 0 spiro atoms. The molecule has 1 aliphatic rings. The van der Waals surface area contributed by atoms with Gasteiger partial charge in [0, 0.05) is 0 Å². The first kappa shape index (κ1) is 14.3. The zero-order chi connectivity index (χ0) is 14.2. The van der Waals surface area contributed by atoms with E-state index in [1.54, 1.807) is 24.3 Å². The summed E-state index contributed by atoms with van der Waals surface area (Å²) in [5.41, 5.74) is 0.419. The van der Waals surface area contributed by atoms with E-state index < -0.39 is 6.04 Å². The van der Waals surface area contributed by atoms with Crippen LogP contribution in [0.25, 0.3) is 0 Å². The van der Waals surface area contributed by atoms with Crippen molar-refractivity contribution in [2.24, 2.45) is 0 Å². The second kappa shape index (κ2) is 7.45. The summed E-state index contributed by atoms with van der Waals surface area (Å²) in [5, 5.41) is 2.68. The van der Waals surface area contributed by atoms with Crippen molar-refractivity contribution >= 4 is 12.2 Å². The lowest BCUT2D eigenvalue weighted by atomic mass is 10.1. The van der Waals surface area contributed by atoms with Crippen molar-refractivity contribution in [2.45, 2.75) is 12.5 Å². The third kappa shape index (κ3) is 3.93. The number of nitrogens with one attached hydrogen (secondary N) is 1. The van der Waals surface area contributed by atoms with Gasteiger partial charge in [-0.25, -0.2) is 0 Å². The highest BCUT2D eigenvalue weighted by molar-refractivity contribution is 5.98. The van der Waals surface area contributed by atoms with Gasteiger partial charge in [-0.05, 0) is 18.6 Å².